The van der Waals surface area contributed by atoms with E-state index in [-0.39, 0.29) is 17.5 Å². The first-order valence-corrected chi connectivity index (χ1v) is 6.34. The Hall–Kier alpha value is -1.18. The summed E-state index contributed by atoms with van der Waals surface area (Å²) in [4.78, 5) is 23.9. The molecule has 0 radical (unpaired) electrons. The van der Waals surface area contributed by atoms with Crippen LogP contribution in [0.15, 0.2) is 22.8 Å². The Labute approximate surface area is 103 Å². The van der Waals surface area contributed by atoms with Gasteiger partial charge in [0.15, 0.2) is 11.6 Å². The van der Waals surface area contributed by atoms with Crippen LogP contribution in [0, 0.1) is 17.8 Å². The quantitative estimate of drug-likeness (QED) is 0.601. The molecule has 0 N–H and O–H groups in total. The molecule has 0 aliphatic heterocycles. The van der Waals surface area contributed by atoms with Crippen LogP contribution in [0.2, 0.25) is 0 Å². The number of rotatable bonds is 0. The summed E-state index contributed by atoms with van der Waals surface area (Å²) >= 11 is 0. The van der Waals surface area contributed by atoms with E-state index in [2.05, 4.69) is 6.92 Å². The Bertz CT molecular complexity index is 436. The van der Waals surface area contributed by atoms with Gasteiger partial charge < -0.3 is 0 Å². The van der Waals surface area contributed by atoms with Gasteiger partial charge in [-0.25, -0.2) is 0 Å². The number of ketones is 2. The van der Waals surface area contributed by atoms with Crippen molar-refractivity contribution in [1.82, 2.24) is 0 Å². The van der Waals surface area contributed by atoms with Gasteiger partial charge in [-0.1, -0.05) is 18.6 Å². The van der Waals surface area contributed by atoms with Crippen molar-refractivity contribution in [2.24, 2.45) is 17.8 Å². The van der Waals surface area contributed by atoms with E-state index in [1.165, 1.54) is 0 Å². The van der Waals surface area contributed by atoms with E-state index in [4.69, 9.17) is 0 Å². The summed E-state index contributed by atoms with van der Waals surface area (Å²) in [6, 6.07) is 0. The third kappa shape index (κ3) is 2.01. The second kappa shape index (κ2) is 4.25. The topological polar surface area (TPSA) is 34.1 Å². The molecule has 0 saturated heterocycles. The molecule has 1 fully saturated rings. The lowest BCUT2D eigenvalue weighted by Gasteiger charge is -2.39. The summed E-state index contributed by atoms with van der Waals surface area (Å²) in [5.41, 5.74) is 2.89. The first kappa shape index (κ1) is 12.3. The van der Waals surface area contributed by atoms with Crippen molar-refractivity contribution in [2.75, 3.05) is 0 Å². The maximum Gasteiger partial charge on any atom is 0.159 e. The average molecular weight is 232 g/mol. The number of hydrogen-bond donors (Lipinski definition) is 0. The summed E-state index contributed by atoms with van der Waals surface area (Å²) in [6.45, 7) is 7.96. The number of carbonyl (C=O) groups excluding carboxylic acids is 2. The molecule has 17 heavy (non-hydrogen) atoms. The fraction of sp³-hybridized carbons (Fsp3) is 0.600. The van der Waals surface area contributed by atoms with E-state index >= 15 is 0 Å². The lowest BCUT2D eigenvalue weighted by Crippen LogP contribution is -2.37. The summed E-state index contributed by atoms with van der Waals surface area (Å²) < 4.78 is 0. The standard InChI is InChI=1S/C15H20O2/c1-8(2)15-12-5-10(4)13(16)7-11(12)9(3)6-14(15)17/h5,9,11-12H,6-7H2,1-4H3/t9-,11+,12-/m0/s1. The molecule has 0 spiro atoms. The Kier molecular flexibility index (Phi) is 3.07. The summed E-state index contributed by atoms with van der Waals surface area (Å²) in [5, 5.41) is 0. The molecule has 0 aromatic carbocycles. The maximum absolute atomic E-state index is 12.1. The zero-order valence-electron chi connectivity index (χ0n) is 11.0. The number of allylic oxidation sites excluding steroid dienone is 4. The van der Waals surface area contributed by atoms with Crippen molar-refractivity contribution in [1.29, 1.82) is 0 Å². The van der Waals surface area contributed by atoms with Crippen LogP contribution >= 0.6 is 0 Å². The Balaban J connectivity index is 2.49. The van der Waals surface area contributed by atoms with Crippen molar-refractivity contribution < 1.29 is 9.59 Å². The number of fused-ring (bicyclic) bond motifs is 1. The molecule has 0 unspecified atom stereocenters. The fourth-order valence-electron chi connectivity index (χ4n) is 3.19. The fourth-order valence-corrected chi connectivity index (χ4v) is 3.19. The van der Waals surface area contributed by atoms with E-state index in [1.807, 2.05) is 26.8 Å². The van der Waals surface area contributed by atoms with Gasteiger partial charge in [0.2, 0.25) is 0 Å². The van der Waals surface area contributed by atoms with Gasteiger partial charge in [-0.15, -0.1) is 0 Å². The minimum atomic E-state index is 0.175. The van der Waals surface area contributed by atoms with Crippen molar-refractivity contribution in [2.45, 2.75) is 40.5 Å². The largest absolute Gasteiger partial charge is 0.295 e. The van der Waals surface area contributed by atoms with E-state index in [0.29, 0.717) is 24.7 Å². The van der Waals surface area contributed by atoms with Gasteiger partial charge in [0, 0.05) is 24.3 Å². The molecule has 2 aliphatic carbocycles. The molecular formula is C15H20O2. The SMILES string of the molecule is CC1=C[C@@H]2C(=C(C)C)C(=O)C[C@H](C)[C@H]2CC1=O. The summed E-state index contributed by atoms with van der Waals surface area (Å²) in [7, 11) is 0. The van der Waals surface area contributed by atoms with Gasteiger partial charge in [-0.2, -0.15) is 0 Å². The van der Waals surface area contributed by atoms with E-state index in [1.54, 1.807) is 0 Å². The van der Waals surface area contributed by atoms with Gasteiger partial charge >= 0.3 is 0 Å². The molecule has 0 aromatic rings. The minimum absolute atomic E-state index is 0.175. The minimum Gasteiger partial charge on any atom is -0.295 e. The molecule has 2 aliphatic rings. The molecule has 1 saturated carbocycles. The first-order valence-electron chi connectivity index (χ1n) is 6.34. The zero-order chi connectivity index (χ0) is 12.7. The van der Waals surface area contributed by atoms with E-state index < -0.39 is 0 Å². The Morgan fingerprint density at radius 1 is 1.18 bits per heavy atom. The highest BCUT2D eigenvalue weighted by Gasteiger charge is 2.41. The molecule has 2 nitrogen and oxygen atoms in total. The highest BCUT2D eigenvalue weighted by molar-refractivity contribution is 6.01. The van der Waals surface area contributed by atoms with Crippen molar-refractivity contribution in [3.63, 3.8) is 0 Å². The van der Waals surface area contributed by atoms with Crippen LogP contribution in [-0.4, -0.2) is 11.6 Å². The highest BCUT2D eigenvalue weighted by Crippen LogP contribution is 2.43. The van der Waals surface area contributed by atoms with E-state index in [9.17, 15) is 9.59 Å². The zero-order valence-corrected chi connectivity index (χ0v) is 11.0. The van der Waals surface area contributed by atoms with Crippen LogP contribution < -0.4 is 0 Å². The maximum atomic E-state index is 12.1. The number of carbonyl (C=O) groups is 2. The van der Waals surface area contributed by atoms with Gasteiger partial charge in [0.1, 0.15) is 0 Å². The smallest absolute Gasteiger partial charge is 0.159 e. The number of hydrogen-bond acceptors (Lipinski definition) is 2. The molecule has 2 rings (SSSR count). The van der Waals surface area contributed by atoms with Crippen LogP contribution in [0.1, 0.15) is 40.5 Å². The van der Waals surface area contributed by atoms with Crippen LogP contribution in [0.25, 0.3) is 0 Å². The molecule has 3 atom stereocenters. The lowest BCUT2D eigenvalue weighted by molar-refractivity contribution is -0.122. The molecule has 2 heteroatoms. The van der Waals surface area contributed by atoms with Crippen LogP contribution in [0.3, 0.4) is 0 Å². The number of Topliss-reactive ketones (excluding diaryl/α,β-unsaturated/α-hetero) is 2. The van der Waals surface area contributed by atoms with Crippen molar-refractivity contribution in [3.8, 4) is 0 Å². The predicted octanol–water partition coefficient (Wildman–Crippen LogP) is 3.08. The van der Waals surface area contributed by atoms with Crippen molar-refractivity contribution >= 4 is 11.6 Å². The predicted molar refractivity (Wildman–Crippen MR) is 67.5 cm³/mol. The van der Waals surface area contributed by atoms with Gasteiger partial charge in [0.25, 0.3) is 0 Å². The van der Waals surface area contributed by atoms with Crippen LogP contribution in [-0.2, 0) is 9.59 Å². The molecular weight excluding hydrogens is 212 g/mol. The molecule has 0 aromatic heterocycles. The lowest BCUT2D eigenvalue weighted by atomic mass is 9.64. The van der Waals surface area contributed by atoms with Crippen molar-refractivity contribution in [3.05, 3.63) is 22.8 Å². The summed E-state index contributed by atoms with van der Waals surface area (Å²) in [5.74, 6) is 1.35. The normalized spacial score (nSPS) is 33.3. The van der Waals surface area contributed by atoms with Gasteiger partial charge in [-0.05, 0) is 38.2 Å². The molecule has 0 amide bonds. The van der Waals surface area contributed by atoms with Crippen LogP contribution in [0.4, 0.5) is 0 Å². The summed E-state index contributed by atoms with van der Waals surface area (Å²) in [6.07, 6.45) is 3.23. The Morgan fingerprint density at radius 3 is 2.41 bits per heavy atom. The third-order valence-electron chi connectivity index (χ3n) is 4.16. The molecule has 0 bridgehead atoms. The second-order valence-electron chi connectivity index (χ2n) is 5.68. The highest BCUT2D eigenvalue weighted by atomic mass is 16.1. The van der Waals surface area contributed by atoms with Gasteiger partial charge in [0.05, 0.1) is 0 Å². The average Bonchev–Trinajstić information content (AvgIpc) is 2.20. The van der Waals surface area contributed by atoms with E-state index in [0.717, 1.165) is 16.7 Å². The second-order valence-corrected chi connectivity index (χ2v) is 5.68. The third-order valence-corrected chi connectivity index (χ3v) is 4.16. The first-order chi connectivity index (χ1) is 7.91. The monoisotopic (exact) mass is 232 g/mol. The Morgan fingerprint density at radius 2 is 1.82 bits per heavy atom. The van der Waals surface area contributed by atoms with Gasteiger partial charge in [-0.3, -0.25) is 9.59 Å². The van der Waals surface area contributed by atoms with Crippen LogP contribution in [0.5, 0.6) is 0 Å². The molecule has 92 valence electrons. The molecule has 0 heterocycles.